The Labute approximate surface area is 117 Å². The number of aromatic nitrogens is 2. The molecule has 1 unspecified atom stereocenters. The Morgan fingerprint density at radius 3 is 2.53 bits per heavy atom. The van der Waals surface area contributed by atoms with Crippen molar-refractivity contribution in [2.24, 2.45) is 11.3 Å². The molecule has 0 aliphatic heterocycles. The van der Waals surface area contributed by atoms with E-state index in [-0.39, 0.29) is 0 Å². The van der Waals surface area contributed by atoms with Crippen molar-refractivity contribution in [1.82, 2.24) is 15.3 Å². The van der Waals surface area contributed by atoms with Gasteiger partial charge in [-0.25, -0.2) is 0 Å². The van der Waals surface area contributed by atoms with E-state index in [1.165, 1.54) is 32.1 Å². The van der Waals surface area contributed by atoms with Crippen LogP contribution >= 0.6 is 0 Å². The molecular formula is C16H27N3. The molecule has 1 atom stereocenters. The van der Waals surface area contributed by atoms with E-state index in [9.17, 15) is 0 Å². The molecule has 3 heteroatoms. The summed E-state index contributed by atoms with van der Waals surface area (Å²) in [6.07, 6.45) is 12.1. The van der Waals surface area contributed by atoms with Crippen molar-refractivity contribution >= 4 is 0 Å². The summed E-state index contributed by atoms with van der Waals surface area (Å²) < 4.78 is 0. The zero-order valence-electron chi connectivity index (χ0n) is 12.5. The van der Waals surface area contributed by atoms with E-state index < -0.39 is 0 Å². The highest BCUT2D eigenvalue weighted by atomic mass is 15.0. The highest BCUT2D eigenvalue weighted by Gasteiger charge is 2.42. The molecule has 0 bridgehead atoms. The third-order valence-corrected chi connectivity index (χ3v) is 4.31. The minimum Gasteiger partial charge on any atom is -0.308 e. The van der Waals surface area contributed by atoms with E-state index >= 15 is 0 Å². The van der Waals surface area contributed by atoms with Crippen LogP contribution in [0.4, 0.5) is 0 Å². The second kappa shape index (κ2) is 6.47. The first-order valence-corrected chi connectivity index (χ1v) is 7.67. The van der Waals surface area contributed by atoms with Crippen molar-refractivity contribution in [3.05, 3.63) is 24.3 Å². The average molecular weight is 261 g/mol. The molecule has 1 heterocycles. The molecule has 1 fully saturated rings. The van der Waals surface area contributed by atoms with Crippen LogP contribution in [0.2, 0.25) is 0 Å². The van der Waals surface area contributed by atoms with Crippen LogP contribution in [0.15, 0.2) is 18.6 Å². The highest BCUT2D eigenvalue weighted by Crippen LogP contribution is 2.51. The topological polar surface area (TPSA) is 37.8 Å². The Kier molecular flexibility index (Phi) is 4.92. The van der Waals surface area contributed by atoms with Crippen LogP contribution in [0.5, 0.6) is 0 Å². The maximum atomic E-state index is 4.57. The zero-order chi connectivity index (χ0) is 13.7. The van der Waals surface area contributed by atoms with Gasteiger partial charge in [0.15, 0.2) is 0 Å². The molecule has 1 aliphatic carbocycles. The Hall–Kier alpha value is -0.960. The van der Waals surface area contributed by atoms with E-state index in [0.717, 1.165) is 18.2 Å². The van der Waals surface area contributed by atoms with Crippen molar-refractivity contribution in [3.63, 3.8) is 0 Å². The Morgan fingerprint density at radius 2 is 2.00 bits per heavy atom. The largest absolute Gasteiger partial charge is 0.308 e. The smallest absolute Gasteiger partial charge is 0.0761 e. The number of nitrogens with one attached hydrogen (secondary N) is 1. The molecule has 1 saturated carbocycles. The molecule has 1 N–H and O–H groups in total. The minimum atomic E-state index is 0.358. The predicted molar refractivity (Wildman–Crippen MR) is 78.8 cm³/mol. The lowest BCUT2D eigenvalue weighted by molar-refractivity contribution is 0.153. The van der Waals surface area contributed by atoms with E-state index in [1.54, 1.807) is 6.20 Å². The second-order valence-corrected chi connectivity index (χ2v) is 6.29. The average Bonchev–Trinajstić information content (AvgIpc) is 2.85. The highest BCUT2D eigenvalue weighted by molar-refractivity contribution is 5.10. The van der Waals surface area contributed by atoms with Gasteiger partial charge in [-0.3, -0.25) is 9.97 Å². The van der Waals surface area contributed by atoms with E-state index in [4.69, 9.17) is 0 Å². The SMILES string of the molecule is CCNC(c1cnccn1)C1(CC(C)C)CCCC1. The van der Waals surface area contributed by atoms with Crippen molar-refractivity contribution in [1.29, 1.82) is 0 Å². The van der Waals surface area contributed by atoms with Crippen LogP contribution in [0.1, 0.15) is 64.6 Å². The summed E-state index contributed by atoms with van der Waals surface area (Å²) in [7, 11) is 0. The summed E-state index contributed by atoms with van der Waals surface area (Å²) in [6.45, 7) is 7.84. The molecule has 0 saturated heterocycles. The van der Waals surface area contributed by atoms with Crippen LogP contribution in [0.25, 0.3) is 0 Å². The molecule has 2 rings (SSSR count). The van der Waals surface area contributed by atoms with Gasteiger partial charge in [-0.2, -0.15) is 0 Å². The molecular weight excluding hydrogens is 234 g/mol. The van der Waals surface area contributed by atoms with Crippen LogP contribution in [-0.2, 0) is 0 Å². The van der Waals surface area contributed by atoms with Gasteiger partial charge < -0.3 is 5.32 Å². The lowest BCUT2D eigenvalue weighted by Gasteiger charge is -2.39. The third-order valence-electron chi connectivity index (χ3n) is 4.31. The summed E-state index contributed by atoms with van der Waals surface area (Å²) in [6, 6.07) is 0.358. The maximum absolute atomic E-state index is 4.57. The van der Waals surface area contributed by atoms with Crippen LogP contribution < -0.4 is 5.32 Å². The molecule has 19 heavy (non-hydrogen) atoms. The number of hydrogen-bond donors (Lipinski definition) is 1. The van der Waals surface area contributed by atoms with Gasteiger partial charge in [0.2, 0.25) is 0 Å². The number of nitrogens with zero attached hydrogens (tertiary/aromatic N) is 2. The van der Waals surface area contributed by atoms with Gasteiger partial charge >= 0.3 is 0 Å². The van der Waals surface area contributed by atoms with Gasteiger partial charge in [0, 0.05) is 18.6 Å². The fraction of sp³-hybridized carbons (Fsp3) is 0.750. The third kappa shape index (κ3) is 3.33. The van der Waals surface area contributed by atoms with E-state index in [2.05, 4.69) is 36.1 Å². The normalized spacial score (nSPS) is 19.8. The number of hydrogen-bond acceptors (Lipinski definition) is 3. The first-order chi connectivity index (χ1) is 9.18. The van der Waals surface area contributed by atoms with Gasteiger partial charge in [-0.15, -0.1) is 0 Å². The molecule has 1 aliphatic rings. The quantitative estimate of drug-likeness (QED) is 0.848. The predicted octanol–water partition coefficient (Wildman–Crippen LogP) is 3.73. The first kappa shape index (κ1) is 14.4. The van der Waals surface area contributed by atoms with Crippen molar-refractivity contribution in [2.45, 2.75) is 58.9 Å². The Bertz CT molecular complexity index is 369. The summed E-state index contributed by atoms with van der Waals surface area (Å²) in [5.41, 5.74) is 1.49. The zero-order valence-corrected chi connectivity index (χ0v) is 12.5. The van der Waals surface area contributed by atoms with Crippen LogP contribution in [-0.4, -0.2) is 16.5 Å². The molecule has 1 aromatic heterocycles. The van der Waals surface area contributed by atoms with Gasteiger partial charge in [-0.05, 0) is 37.1 Å². The molecule has 0 amide bonds. The van der Waals surface area contributed by atoms with Gasteiger partial charge in [0.05, 0.1) is 11.7 Å². The summed E-state index contributed by atoms with van der Waals surface area (Å²) >= 11 is 0. The standard InChI is InChI=1S/C16H27N3/c1-4-18-15(14-12-17-9-10-19-14)16(11-13(2)3)7-5-6-8-16/h9-10,12-13,15,18H,4-8,11H2,1-3H3. The number of rotatable bonds is 6. The Balaban J connectivity index is 2.29. The summed E-state index contributed by atoms with van der Waals surface area (Å²) in [4.78, 5) is 8.84. The molecule has 0 spiro atoms. The van der Waals surface area contributed by atoms with Crippen molar-refractivity contribution < 1.29 is 0 Å². The lowest BCUT2D eigenvalue weighted by atomic mass is 9.71. The van der Waals surface area contributed by atoms with Crippen LogP contribution in [0.3, 0.4) is 0 Å². The molecule has 0 aromatic carbocycles. The van der Waals surface area contributed by atoms with E-state index in [0.29, 0.717) is 11.5 Å². The van der Waals surface area contributed by atoms with E-state index in [1.807, 2.05) is 12.4 Å². The Morgan fingerprint density at radius 1 is 1.26 bits per heavy atom. The fourth-order valence-electron chi connectivity index (χ4n) is 3.80. The maximum Gasteiger partial charge on any atom is 0.0761 e. The summed E-state index contributed by atoms with van der Waals surface area (Å²) in [5.74, 6) is 0.732. The fourth-order valence-corrected chi connectivity index (χ4v) is 3.80. The minimum absolute atomic E-state index is 0.358. The lowest BCUT2D eigenvalue weighted by Crippen LogP contribution is -2.38. The second-order valence-electron chi connectivity index (χ2n) is 6.29. The van der Waals surface area contributed by atoms with Crippen LogP contribution in [0, 0.1) is 11.3 Å². The molecule has 0 radical (unpaired) electrons. The van der Waals surface area contributed by atoms with Gasteiger partial charge in [0.25, 0.3) is 0 Å². The van der Waals surface area contributed by atoms with Gasteiger partial charge in [-0.1, -0.05) is 33.6 Å². The summed E-state index contributed by atoms with van der Waals surface area (Å²) in [5, 5.41) is 3.68. The van der Waals surface area contributed by atoms with Crippen molar-refractivity contribution in [3.8, 4) is 0 Å². The molecule has 1 aromatic rings. The molecule has 106 valence electrons. The first-order valence-electron chi connectivity index (χ1n) is 7.67. The monoisotopic (exact) mass is 261 g/mol. The molecule has 3 nitrogen and oxygen atoms in total. The van der Waals surface area contributed by atoms with Crippen molar-refractivity contribution in [2.75, 3.05) is 6.54 Å². The van der Waals surface area contributed by atoms with Gasteiger partial charge in [0.1, 0.15) is 0 Å².